The fourth-order valence-corrected chi connectivity index (χ4v) is 3.12. The molecule has 0 aliphatic carbocycles. The number of benzene rings is 1. The molecule has 2 heterocycles. The molecule has 0 spiro atoms. The Morgan fingerprint density at radius 1 is 1.27 bits per heavy atom. The number of carbonyl (C=O) groups is 1. The molecular formula is C18H14BrF4N5O2. The number of hydrogen-bond acceptors (Lipinski definition) is 5. The van der Waals surface area contributed by atoms with Crippen molar-refractivity contribution in [2.45, 2.75) is 12.9 Å². The second-order valence-corrected chi connectivity index (χ2v) is 6.61. The molecule has 1 aromatic carbocycles. The van der Waals surface area contributed by atoms with Crippen LogP contribution < -0.4 is 14.4 Å². The predicted molar refractivity (Wildman–Crippen MR) is 104 cm³/mol. The zero-order valence-corrected chi connectivity index (χ0v) is 16.7. The minimum Gasteiger partial charge on any atom is -0.404 e. The van der Waals surface area contributed by atoms with Crippen molar-refractivity contribution in [3.05, 3.63) is 54.4 Å². The summed E-state index contributed by atoms with van der Waals surface area (Å²) in [5, 5.41) is 0. The number of ether oxygens (including phenoxy) is 1. The van der Waals surface area contributed by atoms with Crippen LogP contribution in [0, 0.1) is 0 Å². The Hall–Kier alpha value is -3.15. The van der Waals surface area contributed by atoms with Crippen molar-refractivity contribution in [3.8, 4) is 17.1 Å². The van der Waals surface area contributed by atoms with Gasteiger partial charge in [-0.15, -0.1) is 13.2 Å². The number of hydrogen-bond donors (Lipinski definition) is 1. The molecule has 12 heteroatoms. The van der Waals surface area contributed by atoms with Crippen LogP contribution in [0.2, 0.25) is 0 Å². The van der Waals surface area contributed by atoms with E-state index >= 15 is 0 Å². The van der Waals surface area contributed by atoms with E-state index in [1.807, 2.05) is 0 Å². The first-order chi connectivity index (χ1) is 14.2. The maximum atomic E-state index is 12.9. The third-order valence-electron chi connectivity index (χ3n) is 3.89. The Morgan fingerprint density at radius 3 is 2.67 bits per heavy atom. The van der Waals surface area contributed by atoms with Gasteiger partial charge in [-0.2, -0.15) is 0 Å². The predicted octanol–water partition coefficient (Wildman–Crippen LogP) is 4.36. The standard InChI is InChI=1S/C18H14BrF4N5O2/c19-28(13-3-1-2-4-15(13)30-18(21,22)23)17-25-7-5-12(26-17)14-9-11(16(24)29)10-27(14)8-6-20/h1-5,7,9-10H,6,8H2,(H2,24,29). The highest BCUT2D eigenvalue weighted by atomic mass is 79.9. The Kier molecular flexibility index (Phi) is 6.25. The van der Waals surface area contributed by atoms with Gasteiger partial charge >= 0.3 is 6.36 Å². The van der Waals surface area contributed by atoms with Gasteiger partial charge in [-0.25, -0.2) is 18.3 Å². The molecule has 3 rings (SSSR count). The van der Waals surface area contributed by atoms with Gasteiger partial charge in [0, 0.05) is 12.4 Å². The van der Waals surface area contributed by atoms with Crippen molar-refractivity contribution in [2.24, 2.45) is 5.73 Å². The number of nitrogens with zero attached hydrogens (tertiary/aromatic N) is 4. The van der Waals surface area contributed by atoms with Gasteiger partial charge in [-0.3, -0.25) is 4.79 Å². The number of aromatic nitrogens is 3. The summed E-state index contributed by atoms with van der Waals surface area (Å²) >= 11 is 3.16. The van der Waals surface area contributed by atoms with E-state index in [0.717, 1.165) is 9.99 Å². The lowest BCUT2D eigenvalue weighted by molar-refractivity contribution is -0.274. The Bertz CT molecular complexity index is 1060. The minimum atomic E-state index is -4.88. The molecule has 30 heavy (non-hydrogen) atoms. The van der Waals surface area contributed by atoms with Gasteiger partial charge in [0.1, 0.15) is 6.67 Å². The normalized spacial score (nSPS) is 11.4. The number of rotatable bonds is 7. The highest BCUT2D eigenvalue weighted by Gasteiger charge is 2.33. The molecule has 0 saturated heterocycles. The molecular weight excluding hydrogens is 474 g/mol. The summed E-state index contributed by atoms with van der Waals surface area (Å²) in [6.45, 7) is -0.729. The van der Waals surface area contributed by atoms with E-state index < -0.39 is 24.7 Å². The van der Waals surface area contributed by atoms with Gasteiger partial charge < -0.3 is 15.0 Å². The Balaban J connectivity index is 2.00. The molecule has 2 aromatic heterocycles. The summed E-state index contributed by atoms with van der Waals surface area (Å²) in [5.74, 6) is -1.17. The van der Waals surface area contributed by atoms with Gasteiger partial charge in [0.2, 0.25) is 11.9 Å². The third-order valence-corrected chi connectivity index (χ3v) is 4.59. The van der Waals surface area contributed by atoms with E-state index in [-0.39, 0.29) is 23.7 Å². The largest absolute Gasteiger partial charge is 0.573 e. The minimum absolute atomic E-state index is 0.00365. The second-order valence-electron chi connectivity index (χ2n) is 5.90. The molecule has 0 fully saturated rings. The van der Waals surface area contributed by atoms with Crippen LogP contribution in [0.4, 0.5) is 29.2 Å². The maximum Gasteiger partial charge on any atom is 0.573 e. The van der Waals surface area contributed by atoms with E-state index in [0.29, 0.717) is 11.4 Å². The van der Waals surface area contributed by atoms with Crippen LogP contribution in [0.15, 0.2) is 48.8 Å². The molecule has 2 N–H and O–H groups in total. The van der Waals surface area contributed by atoms with E-state index in [1.165, 1.54) is 47.3 Å². The highest BCUT2D eigenvalue weighted by Crippen LogP contribution is 2.37. The lowest BCUT2D eigenvalue weighted by atomic mass is 10.2. The first-order valence-corrected chi connectivity index (χ1v) is 9.10. The second kappa shape index (κ2) is 8.69. The van der Waals surface area contributed by atoms with Gasteiger partial charge in [-0.05, 0) is 24.3 Å². The molecule has 158 valence electrons. The summed E-state index contributed by atoms with van der Waals surface area (Å²) in [7, 11) is 0. The topological polar surface area (TPSA) is 86.3 Å². The molecule has 0 bridgehead atoms. The van der Waals surface area contributed by atoms with Crippen molar-refractivity contribution in [2.75, 3.05) is 10.6 Å². The van der Waals surface area contributed by atoms with Crippen molar-refractivity contribution < 1.29 is 27.1 Å². The Labute approximate surface area is 176 Å². The van der Waals surface area contributed by atoms with Gasteiger partial charge in [-0.1, -0.05) is 12.1 Å². The zero-order valence-electron chi connectivity index (χ0n) is 15.1. The van der Waals surface area contributed by atoms with Crippen molar-refractivity contribution in [1.82, 2.24) is 14.5 Å². The van der Waals surface area contributed by atoms with Crippen molar-refractivity contribution >= 4 is 33.7 Å². The smallest absolute Gasteiger partial charge is 0.404 e. The Morgan fingerprint density at radius 2 is 2.00 bits per heavy atom. The number of halogens is 5. The molecule has 0 radical (unpaired) electrons. The van der Waals surface area contributed by atoms with E-state index in [4.69, 9.17) is 5.73 Å². The quantitative estimate of drug-likeness (QED) is 0.395. The molecule has 1 amide bonds. The molecule has 0 atom stereocenters. The fraction of sp³-hybridized carbons (Fsp3) is 0.167. The number of aryl methyl sites for hydroxylation is 1. The van der Waals surface area contributed by atoms with E-state index in [2.05, 4.69) is 30.9 Å². The summed E-state index contributed by atoms with van der Waals surface area (Å²) < 4.78 is 57.6. The number of carbonyl (C=O) groups excluding carboxylic acids is 1. The SMILES string of the molecule is NC(=O)c1cc(-c2ccnc(N(Br)c3ccccc3OC(F)(F)F)n2)n(CCF)c1. The van der Waals surface area contributed by atoms with E-state index in [9.17, 15) is 22.4 Å². The summed E-state index contributed by atoms with van der Waals surface area (Å²) in [6, 6.07) is 8.39. The lowest BCUT2D eigenvalue weighted by Gasteiger charge is -2.19. The van der Waals surface area contributed by atoms with Crippen LogP contribution in [0.25, 0.3) is 11.4 Å². The number of amides is 1. The molecule has 7 nitrogen and oxygen atoms in total. The average molecular weight is 488 g/mol. The van der Waals surface area contributed by atoms with Crippen LogP contribution in [-0.4, -0.2) is 33.5 Å². The number of alkyl halides is 4. The molecule has 0 saturated carbocycles. The van der Waals surface area contributed by atoms with Gasteiger partial charge in [0.05, 0.1) is 45.3 Å². The maximum absolute atomic E-state index is 12.9. The number of anilines is 2. The van der Waals surface area contributed by atoms with Crippen LogP contribution in [0.5, 0.6) is 5.75 Å². The molecule has 0 aliphatic heterocycles. The highest BCUT2D eigenvalue weighted by molar-refractivity contribution is 9.10. The van der Waals surface area contributed by atoms with Crippen molar-refractivity contribution in [1.29, 1.82) is 0 Å². The van der Waals surface area contributed by atoms with Crippen molar-refractivity contribution in [3.63, 3.8) is 0 Å². The molecule has 0 unspecified atom stereocenters. The van der Waals surface area contributed by atoms with Crippen LogP contribution in [-0.2, 0) is 6.54 Å². The summed E-state index contributed by atoms with van der Waals surface area (Å²) in [5.41, 5.74) is 6.16. The fourth-order valence-electron chi connectivity index (χ4n) is 2.66. The van der Waals surface area contributed by atoms with Crippen LogP contribution >= 0.6 is 16.1 Å². The molecule has 0 aliphatic rings. The monoisotopic (exact) mass is 487 g/mol. The van der Waals surface area contributed by atoms with Crippen LogP contribution in [0.1, 0.15) is 10.4 Å². The van der Waals surface area contributed by atoms with Gasteiger partial charge in [0.15, 0.2) is 5.75 Å². The number of primary amides is 1. The zero-order chi connectivity index (χ0) is 21.9. The lowest BCUT2D eigenvalue weighted by Crippen LogP contribution is -2.19. The summed E-state index contributed by atoms with van der Waals surface area (Å²) in [4.78, 5) is 19.8. The third kappa shape index (κ3) is 4.87. The average Bonchev–Trinajstić information content (AvgIpc) is 3.11. The first kappa shape index (κ1) is 21.6. The molecule has 3 aromatic rings. The van der Waals surface area contributed by atoms with E-state index in [1.54, 1.807) is 0 Å². The van der Waals surface area contributed by atoms with Crippen LogP contribution in [0.3, 0.4) is 0 Å². The first-order valence-electron chi connectivity index (χ1n) is 8.39. The van der Waals surface area contributed by atoms with Gasteiger partial charge in [0.25, 0.3) is 0 Å². The summed E-state index contributed by atoms with van der Waals surface area (Å²) in [6.07, 6.45) is -2.11. The number of para-hydroxylation sites is 2. The number of nitrogens with two attached hydrogens (primary N) is 1.